The predicted molar refractivity (Wildman–Crippen MR) is 43.9 cm³/mol. The molecule has 0 fully saturated rings. The van der Waals surface area contributed by atoms with Crippen LogP contribution < -0.4 is 5.32 Å². The minimum Gasteiger partial charge on any atom is -0.481 e. The maximum Gasteiger partial charge on any atom is 0.320 e. The lowest BCUT2D eigenvalue weighted by atomic mass is 10.1. The number of carboxylic acids is 3. The molecule has 7 heteroatoms. The number of carboxylic acid groups (broad SMARTS) is 3. The second kappa shape index (κ2) is 5.92. The van der Waals surface area contributed by atoms with E-state index in [0.29, 0.717) is 0 Å². The molecule has 0 aromatic heterocycles. The van der Waals surface area contributed by atoms with E-state index >= 15 is 0 Å². The first-order valence-corrected chi connectivity index (χ1v) is 3.83. The molecule has 0 aliphatic carbocycles. The highest BCUT2D eigenvalue weighted by atomic mass is 16.4. The fourth-order valence-electron chi connectivity index (χ4n) is 0.791. The summed E-state index contributed by atoms with van der Waals surface area (Å²) in [5, 5.41) is 27.3. The third kappa shape index (κ3) is 5.95. The van der Waals surface area contributed by atoms with Crippen molar-refractivity contribution in [3.05, 3.63) is 0 Å². The first-order chi connectivity index (χ1) is 6.43. The lowest BCUT2D eigenvalue weighted by molar-refractivity contribution is -0.141. The molecule has 80 valence electrons. The quantitative estimate of drug-likeness (QED) is 0.419. The van der Waals surface area contributed by atoms with Gasteiger partial charge in [0.25, 0.3) is 0 Å². The minimum atomic E-state index is -1.26. The molecule has 0 saturated carbocycles. The van der Waals surface area contributed by atoms with Crippen LogP contribution in [0.5, 0.6) is 0 Å². The maximum absolute atomic E-state index is 10.5. The Labute approximate surface area is 79.3 Å². The Morgan fingerprint density at radius 1 is 1.07 bits per heavy atom. The third-order valence-electron chi connectivity index (χ3n) is 1.44. The van der Waals surface area contributed by atoms with Crippen molar-refractivity contribution in [1.82, 2.24) is 5.32 Å². The van der Waals surface area contributed by atoms with Crippen LogP contribution in [-0.2, 0) is 14.4 Å². The van der Waals surface area contributed by atoms with E-state index in [1.807, 2.05) is 0 Å². The van der Waals surface area contributed by atoms with Gasteiger partial charge in [0.15, 0.2) is 0 Å². The number of carbonyl (C=O) groups is 3. The number of hydrogen-bond acceptors (Lipinski definition) is 4. The van der Waals surface area contributed by atoms with Gasteiger partial charge in [-0.2, -0.15) is 0 Å². The molecule has 0 saturated heterocycles. The van der Waals surface area contributed by atoms with Gasteiger partial charge in [0.1, 0.15) is 6.04 Å². The zero-order valence-corrected chi connectivity index (χ0v) is 7.27. The molecular formula is C7H11NO6. The van der Waals surface area contributed by atoms with Gasteiger partial charge in [0, 0.05) is 6.42 Å². The molecule has 7 nitrogen and oxygen atoms in total. The van der Waals surface area contributed by atoms with Gasteiger partial charge in [-0.1, -0.05) is 0 Å². The molecule has 0 aromatic rings. The first kappa shape index (κ1) is 12.4. The third-order valence-corrected chi connectivity index (χ3v) is 1.44. The van der Waals surface area contributed by atoms with E-state index in [-0.39, 0.29) is 12.8 Å². The molecule has 0 spiro atoms. The highest BCUT2D eigenvalue weighted by Gasteiger charge is 2.18. The number of rotatable bonds is 7. The van der Waals surface area contributed by atoms with Crippen LogP contribution in [0.3, 0.4) is 0 Å². The Kier molecular flexibility index (Phi) is 5.23. The van der Waals surface area contributed by atoms with Crippen molar-refractivity contribution in [1.29, 1.82) is 0 Å². The van der Waals surface area contributed by atoms with E-state index in [4.69, 9.17) is 15.3 Å². The van der Waals surface area contributed by atoms with Crippen molar-refractivity contribution >= 4 is 17.9 Å². The Morgan fingerprint density at radius 2 is 1.64 bits per heavy atom. The van der Waals surface area contributed by atoms with Crippen molar-refractivity contribution in [2.45, 2.75) is 18.9 Å². The normalized spacial score (nSPS) is 12.0. The van der Waals surface area contributed by atoms with Gasteiger partial charge in [-0.25, -0.2) is 0 Å². The monoisotopic (exact) mass is 205 g/mol. The highest BCUT2D eigenvalue weighted by Crippen LogP contribution is 1.97. The number of nitrogens with one attached hydrogen (secondary N) is 1. The Morgan fingerprint density at radius 3 is 2.00 bits per heavy atom. The van der Waals surface area contributed by atoms with Gasteiger partial charge in [0.2, 0.25) is 0 Å². The average Bonchev–Trinajstić information content (AvgIpc) is 2.02. The van der Waals surface area contributed by atoms with Gasteiger partial charge >= 0.3 is 17.9 Å². The largest absolute Gasteiger partial charge is 0.481 e. The van der Waals surface area contributed by atoms with Gasteiger partial charge < -0.3 is 15.3 Å². The van der Waals surface area contributed by atoms with Gasteiger partial charge in [0.05, 0.1) is 6.54 Å². The molecule has 14 heavy (non-hydrogen) atoms. The molecule has 0 bridgehead atoms. The van der Waals surface area contributed by atoms with Crippen LogP contribution >= 0.6 is 0 Å². The Balaban J connectivity index is 3.96. The van der Waals surface area contributed by atoms with Crippen LogP contribution in [-0.4, -0.2) is 45.8 Å². The summed E-state index contributed by atoms with van der Waals surface area (Å²) in [6.45, 7) is -0.503. The lowest BCUT2D eigenvalue weighted by Crippen LogP contribution is -2.39. The zero-order chi connectivity index (χ0) is 11.1. The van der Waals surface area contributed by atoms with Crippen molar-refractivity contribution in [2.24, 2.45) is 0 Å². The van der Waals surface area contributed by atoms with Crippen LogP contribution in [0.1, 0.15) is 12.8 Å². The second-order valence-corrected chi connectivity index (χ2v) is 2.60. The summed E-state index contributed by atoms with van der Waals surface area (Å²) in [6, 6.07) is -1.14. The maximum atomic E-state index is 10.5. The molecular weight excluding hydrogens is 194 g/mol. The van der Waals surface area contributed by atoms with Gasteiger partial charge in [-0.05, 0) is 6.42 Å². The van der Waals surface area contributed by atoms with Crippen LogP contribution in [0.25, 0.3) is 0 Å². The first-order valence-electron chi connectivity index (χ1n) is 3.83. The van der Waals surface area contributed by atoms with Crippen LogP contribution in [0, 0.1) is 0 Å². The van der Waals surface area contributed by atoms with E-state index in [2.05, 4.69) is 5.32 Å². The summed E-state index contributed by atoms with van der Waals surface area (Å²) >= 11 is 0. The molecule has 0 radical (unpaired) electrons. The fraction of sp³-hybridized carbons (Fsp3) is 0.571. The van der Waals surface area contributed by atoms with Crippen molar-refractivity contribution in [3.63, 3.8) is 0 Å². The van der Waals surface area contributed by atoms with Gasteiger partial charge in [-0.15, -0.1) is 0 Å². The van der Waals surface area contributed by atoms with E-state index in [9.17, 15) is 14.4 Å². The molecule has 0 rings (SSSR count). The van der Waals surface area contributed by atoms with Crippen molar-refractivity contribution in [2.75, 3.05) is 6.54 Å². The van der Waals surface area contributed by atoms with Crippen LogP contribution in [0.4, 0.5) is 0 Å². The SMILES string of the molecule is O=C(O)CC[C@@H](NCC(=O)O)C(=O)O. The summed E-state index contributed by atoms with van der Waals surface area (Å²) in [5.74, 6) is -3.56. The molecule has 0 heterocycles. The fourth-order valence-corrected chi connectivity index (χ4v) is 0.791. The molecule has 0 amide bonds. The van der Waals surface area contributed by atoms with E-state index in [0.717, 1.165) is 0 Å². The number of hydrogen-bond donors (Lipinski definition) is 4. The summed E-state index contributed by atoms with van der Waals surface area (Å²) in [6.07, 6.45) is -0.457. The summed E-state index contributed by atoms with van der Waals surface area (Å²) in [7, 11) is 0. The topological polar surface area (TPSA) is 124 Å². The Hall–Kier alpha value is -1.63. The summed E-state index contributed by atoms with van der Waals surface area (Å²) in [5.41, 5.74) is 0. The smallest absolute Gasteiger partial charge is 0.320 e. The molecule has 4 N–H and O–H groups in total. The van der Waals surface area contributed by atoms with Crippen molar-refractivity contribution < 1.29 is 29.7 Å². The number of aliphatic carboxylic acids is 3. The van der Waals surface area contributed by atoms with Crippen LogP contribution in [0.2, 0.25) is 0 Å². The second-order valence-electron chi connectivity index (χ2n) is 2.60. The minimum absolute atomic E-state index is 0.141. The van der Waals surface area contributed by atoms with Gasteiger partial charge in [-0.3, -0.25) is 19.7 Å². The molecule has 0 unspecified atom stereocenters. The van der Waals surface area contributed by atoms with E-state index in [1.165, 1.54) is 0 Å². The molecule has 0 aliphatic heterocycles. The standard InChI is InChI=1S/C7H11NO6/c9-5(10)2-1-4(7(13)14)8-3-6(11)12/h4,8H,1-3H2,(H,9,10)(H,11,12)(H,13,14)/t4-/m1/s1. The predicted octanol–water partition coefficient (Wildman–Crippen LogP) is -1.02. The van der Waals surface area contributed by atoms with Crippen molar-refractivity contribution in [3.8, 4) is 0 Å². The molecule has 1 atom stereocenters. The van der Waals surface area contributed by atoms with E-state index < -0.39 is 30.5 Å². The highest BCUT2D eigenvalue weighted by molar-refractivity contribution is 5.76. The molecule has 0 aliphatic rings. The summed E-state index contributed by atoms with van der Waals surface area (Å²) < 4.78 is 0. The average molecular weight is 205 g/mol. The lowest BCUT2D eigenvalue weighted by Gasteiger charge is -2.10. The molecule has 0 aromatic carbocycles. The Bertz CT molecular complexity index is 220. The van der Waals surface area contributed by atoms with E-state index in [1.54, 1.807) is 0 Å². The zero-order valence-electron chi connectivity index (χ0n) is 7.27. The summed E-state index contributed by atoms with van der Waals surface area (Å²) in [4.78, 5) is 30.7. The van der Waals surface area contributed by atoms with Crippen LogP contribution in [0.15, 0.2) is 0 Å².